The van der Waals surface area contributed by atoms with Gasteiger partial charge in [0, 0.05) is 12.3 Å². The van der Waals surface area contributed by atoms with E-state index in [1.54, 1.807) is 0 Å². The molecule has 3 rings (SSSR count). The predicted octanol–water partition coefficient (Wildman–Crippen LogP) is 4.47. The van der Waals surface area contributed by atoms with Gasteiger partial charge >= 0.3 is 12.4 Å². The molecule has 0 bridgehead atoms. The Balaban J connectivity index is 2.18. The predicted molar refractivity (Wildman–Crippen MR) is 90.0 cm³/mol. The minimum atomic E-state index is -5.08. The van der Waals surface area contributed by atoms with Crippen molar-refractivity contribution in [2.24, 2.45) is 0 Å². The highest BCUT2D eigenvalue weighted by Crippen LogP contribution is 2.35. The Labute approximate surface area is 163 Å². The van der Waals surface area contributed by atoms with Crippen LogP contribution in [0.5, 0.6) is 11.5 Å². The Hall–Kier alpha value is -3.31. The van der Waals surface area contributed by atoms with Crippen LogP contribution < -0.4 is 15.0 Å². The van der Waals surface area contributed by atoms with Gasteiger partial charge in [0.15, 0.2) is 23.9 Å². The van der Waals surface area contributed by atoms with Crippen LogP contribution in [-0.2, 0) is 6.18 Å². The van der Waals surface area contributed by atoms with Crippen molar-refractivity contribution in [1.82, 2.24) is 9.38 Å². The van der Waals surface area contributed by atoms with Gasteiger partial charge < -0.3 is 9.47 Å². The molecule has 0 fully saturated rings. The fraction of sp³-hybridized carbons (Fsp3) is 0.222. The largest absolute Gasteiger partial charge is 0.497 e. The van der Waals surface area contributed by atoms with Gasteiger partial charge in [-0.2, -0.15) is 26.3 Å². The summed E-state index contributed by atoms with van der Waals surface area (Å²) in [6, 6.07) is 4.45. The van der Waals surface area contributed by atoms with Crippen LogP contribution in [0.1, 0.15) is 5.69 Å². The molecule has 0 amide bonds. The molecule has 1 aromatic carbocycles. The number of hydrogen-bond acceptors (Lipinski definition) is 4. The van der Waals surface area contributed by atoms with Crippen molar-refractivity contribution in [3.8, 4) is 22.6 Å². The number of methoxy groups -OCH3 is 1. The van der Waals surface area contributed by atoms with Gasteiger partial charge in [0.1, 0.15) is 11.4 Å². The van der Waals surface area contributed by atoms with Crippen LogP contribution in [0.15, 0.2) is 41.3 Å². The summed E-state index contributed by atoms with van der Waals surface area (Å²) in [5.41, 5.74) is -4.59. The van der Waals surface area contributed by atoms with Crippen molar-refractivity contribution in [3.05, 3.63) is 58.4 Å². The van der Waals surface area contributed by atoms with Gasteiger partial charge in [-0.1, -0.05) is 6.07 Å². The Kier molecular flexibility index (Phi) is 5.35. The van der Waals surface area contributed by atoms with Gasteiger partial charge in [0.05, 0.1) is 12.7 Å². The number of alkyl halides is 6. The number of ether oxygens (including phenoxy) is 2. The van der Waals surface area contributed by atoms with Crippen molar-refractivity contribution in [1.29, 1.82) is 0 Å². The van der Waals surface area contributed by atoms with Crippen molar-refractivity contribution in [2.45, 2.75) is 12.4 Å². The molecule has 0 aliphatic heterocycles. The number of fused-ring (bicyclic) bond motifs is 1. The maximum Gasteiger partial charge on any atom is 0.434 e. The number of benzene rings is 1. The second kappa shape index (κ2) is 7.50. The molecular weight excluding hydrogens is 425 g/mol. The summed E-state index contributed by atoms with van der Waals surface area (Å²) in [7, 11) is 1.27. The first-order valence-electron chi connectivity index (χ1n) is 8.08. The summed E-state index contributed by atoms with van der Waals surface area (Å²) in [5, 5.41) is 0. The van der Waals surface area contributed by atoms with E-state index in [1.165, 1.54) is 13.2 Å². The van der Waals surface area contributed by atoms with E-state index in [1.807, 2.05) is 0 Å². The highest BCUT2D eigenvalue weighted by atomic mass is 19.4. The standard InChI is InChI=1S/C18H11F7N2O3/c1-29-10-4-5-27-13(7-10)26-15(18(23,24)25)14(16(27)28)9-2-3-12(11(19)6-9)30-8-17(20,21)22/h2-7H,8H2,1H3. The van der Waals surface area contributed by atoms with Crippen LogP contribution >= 0.6 is 0 Å². The average molecular weight is 436 g/mol. The molecule has 5 nitrogen and oxygen atoms in total. The summed E-state index contributed by atoms with van der Waals surface area (Å²) < 4.78 is 102. The lowest BCUT2D eigenvalue weighted by molar-refractivity contribution is -0.153. The Morgan fingerprint density at radius 2 is 1.77 bits per heavy atom. The monoisotopic (exact) mass is 436 g/mol. The zero-order chi connectivity index (χ0) is 22.3. The molecule has 0 saturated carbocycles. The third-order valence-corrected chi connectivity index (χ3v) is 3.92. The molecule has 0 aliphatic rings. The molecule has 0 aliphatic carbocycles. The van der Waals surface area contributed by atoms with E-state index in [9.17, 15) is 35.5 Å². The third kappa shape index (κ3) is 4.31. The molecule has 0 atom stereocenters. The molecule has 0 N–H and O–H groups in total. The molecule has 30 heavy (non-hydrogen) atoms. The molecule has 2 aromatic heterocycles. The van der Waals surface area contributed by atoms with Gasteiger partial charge in [0.25, 0.3) is 5.56 Å². The summed E-state index contributed by atoms with van der Waals surface area (Å²) >= 11 is 0. The number of hydrogen-bond donors (Lipinski definition) is 0. The maximum atomic E-state index is 14.2. The zero-order valence-corrected chi connectivity index (χ0v) is 14.9. The number of pyridine rings is 1. The van der Waals surface area contributed by atoms with E-state index in [0.29, 0.717) is 12.1 Å². The van der Waals surface area contributed by atoms with Crippen LogP contribution in [0.2, 0.25) is 0 Å². The van der Waals surface area contributed by atoms with Crippen molar-refractivity contribution in [3.63, 3.8) is 0 Å². The van der Waals surface area contributed by atoms with Gasteiger partial charge in [-0.25, -0.2) is 9.37 Å². The van der Waals surface area contributed by atoms with Crippen LogP contribution in [0.3, 0.4) is 0 Å². The Bertz CT molecular complexity index is 1150. The van der Waals surface area contributed by atoms with E-state index in [0.717, 1.165) is 22.7 Å². The molecule has 2 heterocycles. The van der Waals surface area contributed by atoms with Crippen LogP contribution in [0, 0.1) is 5.82 Å². The molecule has 0 unspecified atom stereocenters. The van der Waals surface area contributed by atoms with Crippen molar-refractivity contribution >= 4 is 5.65 Å². The van der Waals surface area contributed by atoms with E-state index in [2.05, 4.69) is 9.72 Å². The second-order valence-corrected chi connectivity index (χ2v) is 5.98. The second-order valence-electron chi connectivity index (χ2n) is 5.98. The molecule has 0 spiro atoms. The highest BCUT2D eigenvalue weighted by Gasteiger charge is 2.38. The van der Waals surface area contributed by atoms with Crippen LogP contribution in [0.25, 0.3) is 16.8 Å². The third-order valence-electron chi connectivity index (χ3n) is 3.92. The van der Waals surface area contributed by atoms with Gasteiger partial charge in [-0.05, 0) is 23.8 Å². The first kappa shape index (κ1) is 21.4. The maximum absolute atomic E-state index is 14.2. The summed E-state index contributed by atoms with van der Waals surface area (Å²) in [5.74, 6) is -2.05. The summed E-state index contributed by atoms with van der Waals surface area (Å²) in [4.78, 5) is 16.2. The van der Waals surface area contributed by atoms with Gasteiger partial charge in [-0.3, -0.25) is 9.20 Å². The summed E-state index contributed by atoms with van der Waals surface area (Å²) in [6.45, 7) is -1.79. The molecule has 12 heteroatoms. The van der Waals surface area contributed by atoms with Crippen LogP contribution in [0.4, 0.5) is 30.7 Å². The van der Waals surface area contributed by atoms with E-state index in [4.69, 9.17) is 4.74 Å². The lowest BCUT2D eigenvalue weighted by Gasteiger charge is -2.15. The Morgan fingerprint density at radius 1 is 1.07 bits per heavy atom. The quantitative estimate of drug-likeness (QED) is 0.567. The number of halogens is 7. The molecule has 0 saturated heterocycles. The molecule has 3 aromatic rings. The highest BCUT2D eigenvalue weighted by molar-refractivity contribution is 5.68. The van der Waals surface area contributed by atoms with Crippen molar-refractivity contribution < 1.29 is 40.2 Å². The number of nitrogens with zero attached hydrogens (tertiary/aromatic N) is 2. The SMILES string of the molecule is COc1ccn2c(=O)c(-c3ccc(OCC(F)(F)F)c(F)c3)c(C(F)(F)F)nc2c1. The topological polar surface area (TPSA) is 52.8 Å². The lowest BCUT2D eigenvalue weighted by Crippen LogP contribution is -2.24. The first-order valence-corrected chi connectivity index (χ1v) is 8.08. The van der Waals surface area contributed by atoms with Crippen molar-refractivity contribution in [2.75, 3.05) is 13.7 Å². The zero-order valence-electron chi connectivity index (χ0n) is 14.9. The van der Waals surface area contributed by atoms with E-state index in [-0.39, 0.29) is 11.4 Å². The van der Waals surface area contributed by atoms with Gasteiger partial charge in [0.2, 0.25) is 0 Å². The fourth-order valence-corrected chi connectivity index (χ4v) is 2.64. The minimum absolute atomic E-state index is 0.153. The smallest absolute Gasteiger partial charge is 0.434 e. The molecule has 0 radical (unpaired) electrons. The average Bonchev–Trinajstić information content (AvgIpc) is 2.65. The van der Waals surface area contributed by atoms with Crippen LogP contribution in [-0.4, -0.2) is 29.3 Å². The van der Waals surface area contributed by atoms with E-state index >= 15 is 0 Å². The normalized spacial score (nSPS) is 12.3. The van der Waals surface area contributed by atoms with Gasteiger partial charge in [-0.15, -0.1) is 0 Å². The lowest BCUT2D eigenvalue weighted by atomic mass is 10.0. The molecular formula is C18H11F7N2O3. The number of aromatic nitrogens is 2. The Morgan fingerprint density at radius 3 is 2.33 bits per heavy atom. The molecule has 160 valence electrons. The fourth-order valence-electron chi connectivity index (χ4n) is 2.64. The summed E-state index contributed by atoms with van der Waals surface area (Å²) in [6.07, 6.45) is -8.69. The van der Waals surface area contributed by atoms with E-state index < -0.39 is 52.9 Å². The first-order chi connectivity index (χ1) is 13.9. The minimum Gasteiger partial charge on any atom is -0.497 e. The number of rotatable bonds is 4.